The highest BCUT2D eigenvalue weighted by molar-refractivity contribution is 7.92. The first-order chi connectivity index (χ1) is 12.8. The van der Waals surface area contributed by atoms with E-state index in [1.807, 2.05) is 0 Å². The highest BCUT2D eigenvalue weighted by Crippen LogP contribution is 2.47. The van der Waals surface area contributed by atoms with Gasteiger partial charge in [0.1, 0.15) is 17.4 Å². The van der Waals surface area contributed by atoms with E-state index in [1.165, 1.54) is 42.5 Å². The Hall–Kier alpha value is -2.93. The fraction of sp³-hybridized carbons (Fsp3) is 0.100. The van der Waals surface area contributed by atoms with E-state index >= 15 is 0 Å². The van der Waals surface area contributed by atoms with Crippen molar-refractivity contribution in [3.05, 3.63) is 77.9 Å². The molecule has 0 fully saturated rings. The van der Waals surface area contributed by atoms with E-state index < -0.39 is 27.7 Å². The monoisotopic (exact) mass is 387 g/mol. The van der Waals surface area contributed by atoms with Gasteiger partial charge in [-0.3, -0.25) is 4.31 Å². The lowest BCUT2D eigenvalue weighted by Crippen LogP contribution is -2.36. The van der Waals surface area contributed by atoms with Gasteiger partial charge in [-0.15, -0.1) is 0 Å². The number of fused-ring (bicyclic) bond motifs is 3. The van der Waals surface area contributed by atoms with Crippen molar-refractivity contribution < 1.29 is 22.3 Å². The molecule has 0 amide bonds. The fourth-order valence-electron chi connectivity index (χ4n) is 3.47. The Balaban J connectivity index is 2.00. The van der Waals surface area contributed by atoms with Crippen molar-refractivity contribution in [2.45, 2.75) is 17.9 Å². The quantitative estimate of drug-likeness (QED) is 0.699. The first-order valence-electron chi connectivity index (χ1n) is 8.22. The van der Waals surface area contributed by atoms with Crippen LogP contribution in [-0.4, -0.2) is 13.5 Å². The van der Waals surface area contributed by atoms with Gasteiger partial charge in [-0.25, -0.2) is 17.2 Å². The highest BCUT2D eigenvalue weighted by Gasteiger charge is 2.37. The molecule has 0 saturated carbocycles. The van der Waals surface area contributed by atoms with Crippen LogP contribution in [0.1, 0.15) is 18.5 Å². The third-order valence-corrected chi connectivity index (χ3v) is 6.56. The summed E-state index contributed by atoms with van der Waals surface area (Å²) < 4.78 is 55.5. The van der Waals surface area contributed by atoms with Crippen LogP contribution in [0.15, 0.2) is 65.6 Å². The molecule has 1 atom stereocenters. The van der Waals surface area contributed by atoms with Crippen LogP contribution in [-0.2, 0) is 10.0 Å². The van der Waals surface area contributed by atoms with Crippen molar-refractivity contribution in [3.63, 3.8) is 0 Å². The number of nitrogens with zero attached hydrogens (tertiary/aromatic N) is 1. The van der Waals surface area contributed by atoms with Crippen molar-refractivity contribution in [2.75, 3.05) is 4.31 Å². The molecule has 0 radical (unpaired) electrons. The van der Waals surface area contributed by atoms with Crippen molar-refractivity contribution in [1.82, 2.24) is 0 Å². The van der Waals surface area contributed by atoms with E-state index in [4.69, 9.17) is 0 Å². The Morgan fingerprint density at radius 1 is 0.926 bits per heavy atom. The lowest BCUT2D eigenvalue weighted by atomic mass is 9.90. The number of rotatable bonds is 2. The normalized spacial score (nSPS) is 16.0. The number of benzene rings is 3. The second-order valence-electron chi connectivity index (χ2n) is 6.37. The third-order valence-electron chi connectivity index (χ3n) is 4.68. The van der Waals surface area contributed by atoms with Gasteiger partial charge in [-0.2, -0.15) is 0 Å². The standard InChI is InChI=1S/C20H15F2NO3S/c1-12-19-9-13(21)5-7-17(19)18-8-6-14(22)10-20(18)23(12)27(25,26)16-4-2-3-15(24)11-16/h2-12,24H,1H3/t12-/m0/s1. The Morgan fingerprint density at radius 2 is 1.59 bits per heavy atom. The van der Waals surface area contributed by atoms with Crippen LogP contribution in [0.2, 0.25) is 0 Å². The van der Waals surface area contributed by atoms with Crippen LogP contribution in [0.4, 0.5) is 14.5 Å². The molecule has 1 heterocycles. The highest BCUT2D eigenvalue weighted by atomic mass is 32.2. The van der Waals surface area contributed by atoms with Crippen LogP contribution >= 0.6 is 0 Å². The lowest BCUT2D eigenvalue weighted by molar-refractivity contribution is 0.473. The molecule has 0 aliphatic carbocycles. The van der Waals surface area contributed by atoms with Gasteiger partial charge in [-0.1, -0.05) is 12.1 Å². The fourth-order valence-corrected chi connectivity index (χ4v) is 5.16. The molecule has 4 nitrogen and oxygen atoms in total. The summed E-state index contributed by atoms with van der Waals surface area (Å²) in [7, 11) is -4.14. The molecule has 7 heteroatoms. The molecule has 1 aliphatic heterocycles. The number of phenols is 1. The number of aromatic hydroxyl groups is 1. The maximum Gasteiger partial charge on any atom is 0.265 e. The molecule has 0 spiro atoms. The summed E-state index contributed by atoms with van der Waals surface area (Å²) in [6, 6.07) is 12.5. The first kappa shape index (κ1) is 17.5. The van der Waals surface area contributed by atoms with Crippen LogP contribution < -0.4 is 4.31 Å². The van der Waals surface area contributed by atoms with E-state index in [1.54, 1.807) is 13.0 Å². The van der Waals surface area contributed by atoms with E-state index in [2.05, 4.69) is 0 Å². The largest absolute Gasteiger partial charge is 0.508 e. The summed E-state index contributed by atoms with van der Waals surface area (Å²) in [4.78, 5) is -0.135. The number of anilines is 1. The Bertz CT molecular complexity index is 1160. The van der Waals surface area contributed by atoms with Crippen LogP contribution in [0, 0.1) is 11.6 Å². The number of hydrogen-bond acceptors (Lipinski definition) is 3. The molecule has 0 unspecified atom stereocenters. The molecule has 27 heavy (non-hydrogen) atoms. The van der Waals surface area contributed by atoms with E-state index in [9.17, 15) is 22.3 Å². The van der Waals surface area contributed by atoms with Gasteiger partial charge in [0.25, 0.3) is 10.0 Å². The van der Waals surface area contributed by atoms with Crippen LogP contribution in [0.5, 0.6) is 5.75 Å². The SMILES string of the molecule is C[C@H]1c2cc(F)ccc2-c2ccc(F)cc2N1S(=O)(=O)c1cccc(O)c1. The molecule has 0 aromatic heterocycles. The smallest absolute Gasteiger partial charge is 0.265 e. The predicted molar refractivity (Wildman–Crippen MR) is 98.0 cm³/mol. The Labute approximate surface area is 155 Å². The number of halogens is 2. The summed E-state index contributed by atoms with van der Waals surface area (Å²) in [5.41, 5.74) is 1.80. The predicted octanol–water partition coefficient (Wildman–Crippen LogP) is 4.61. The minimum Gasteiger partial charge on any atom is -0.508 e. The van der Waals surface area contributed by atoms with Crippen LogP contribution in [0.3, 0.4) is 0 Å². The van der Waals surface area contributed by atoms with Gasteiger partial charge < -0.3 is 5.11 Å². The van der Waals surface area contributed by atoms with Gasteiger partial charge in [-0.05, 0) is 60.5 Å². The second kappa shape index (κ2) is 6.06. The molecule has 4 rings (SSSR count). The molecule has 0 saturated heterocycles. The molecule has 3 aromatic rings. The summed E-state index contributed by atoms with van der Waals surface area (Å²) in [6.07, 6.45) is 0. The maximum absolute atomic E-state index is 14.0. The number of phenolic OH excluding ortho intramolecular Hbond substituents is 1. The maximum atomic E-state index is 14.0. The minimum atomic E-state index is -4.14. The molecule has 138 valence electrons. The van der Waals surface area contributed by atoms with Gasteiger partial charge in [0.05, 0.1) is 16.6 Å². The van der Waals surface area contributed by atoms with Crippen molar-refractivity contribution >= 4 is 15.7 Å². The summed E-state index contributed by atoms with van der Waals surface area (Å²) in [6.45, 7) is 1.62. The van der Waals surface area contributed by atoms with Gasteiger partial charge in [0.2, 0.25) is 0 Å². The van der Waals surface area contributed by atoms with E-state index in [-0.39, 0.29) is 16.3 Å². The summed E-state index contributed by atoms with van der Waals surface area (Å²) in [5, 5.41) is 9.68. The van der Waals surface area contributed by atoms with Crippen LogP contribution in [0.25, 0.3) is 11.1 Å². The third kappa shape index (κ3) is 2.75. The van der Waals surface area contributed by atoms with E-state index in [0.29, 0.717) is 16.7 Å². The Kier molecular flexibility index (Phi) is 3.92. The average Bonchev–Trinajstić information content (AvgIpc) is 2.62. The average molecular weight is 387 g/mol. The molecule has 1 N–H and O–H groups in total. The van der Waals surface area contributed by atoms with Crippen molar-refractivity contribution in [3.8, 4) is 16.9 Å². The molecule has 0 bridgehead atoms. The van der Waals surface area contributed by atoms with Gasteiger partial charge in [0, 0.05) is 11.6 Å². The summed E-state index contributed by atoms with van der Waals surface area (Å²) >= 11 is 0. The minimum absolute atomic E-state index is 0.135. The molecule has 1 aliphatic rings. The summed E-state index contributed by atoms with van der Waals surface area (Å²) in [5.74, 6) is -1.27. The number of sulfonamides is 1. The zero-order valence-corrected chi connectivity index (χ0v) is 15.0. The molecular formula is C20H15F2NO3S. The lowest BCUT2D eigenvalue weighted by Gasteiger charge is -2.37. The first-order valence-corrected chi connectivity index (χ1v) is 9.66. The van der Waals surface area contributed by atoms with Gasteiger partial charge >= 0.3 is 0 Å². The molecule has 3 aromatic carbocycles. The Morgan fingerprint density at radius 3 is 2.30 bits per heavy atom. The zero-order valence-electron chi connectivity index (χ0n) is 14.2. The zero-order chi connectivity index (χ0) is 19.3. The van der Waals surface area contributed by atoms with Crippen molar-refractivity contribution in [1.29, 1.82) is 0 Å². The topological polar surface area (TPSA) is 57.6 Å². The number of hydrogen-bond donors (Lipinski definition) is 1. The van der Waals surface area contributed by atoms with Gasteiger partial charge in [0.15, 0.2) is 0 Å². The second-order valence-corrected chi connectivity index (χ2v) is 8.18. The molecular weight excluding hydrogens is 372 g/mol. The van der Waals surface area contributed by atoms with Crippen molar-refractivity contribution in [2.24, 2.45) is 0 Å². The van der Waals surface area contributed by atoms with E-state index in [0.717, 1.165) is 16.4 Å².